The standard InChI is InChI=1S/C15H26N2O2.ClH/c16-10-12-7-8-14(19-12)15(18)17-9-3-6-13(17)11-4-1-2-5-11;/h11-14H,1-10,16H2;1H/t12-,13?,14+;/m1./s1. The number of carbonyl (C=O) groups excluding carboxylic acids is 1. The number of hydrogen-bond donors (Lipinski definition) is 1. The van der Waals surface area contributed by atoms with Crippen LogP contribution in [0.1, 0.15) is 51.4 Å². The molecule has 3 atom stereocenters. The predicted molar refractivity (Wildman–Crippen MR) is 80.9 cm³/mol. The number of nitrogens with two attached hydrogens (primary N) is 1. The Labute approximate surface area is 127 Å². The highest BCUT2D eigenvalue weighted by molar-refractivity contribution is 5.85. The van der Waals surface area contributed by atoms with E-state index in [2.05, 4.69) is 4.90 Å². The zero-order valence-electron chi connectivity index (χ0n) is 12.1. The van der Waals surface area contributed by atoms with Gasteiger partial charge in [-0.3, -0.25) is 4.79 Å². The minimum atomic E-state index is -0.212. The van der Waals surface area contributed by atoms with Gasteiger partial charge in [0.15, 0.2) is 0 Å². The highest BCUT2D eigenvalue weighted by atomic mass is 35.5. The van der Waals surface area contributed by atoms with Crippen LogP contribution in [0.3, 0.4) is 0 Å². The fraction of sp³-hybridized carbons (Fsp3) is 0.933. The lowest BCUT2D eigenvalue weighted by Gasteiger charge is -2.31. The van der Waals surface area contributed by atoms with Gasteiger partial charge in [-0.1, -0.05) is 12.8 Å². The summed E-state index contributed by atoms with van der Waals surface area (Å²) < 4.78 is 5.78. The molecule has 1 amide bonds. The van der Waals surface area contributed by atoms with E-state index in [-0.39, 0.29) is 30.5 Å². The Morgan fingerprint density at radius 2 is 1.85 bits per heavy atom. The average molecular weight is 303 g/mol. The lowest BCUT2D eigenvalue weighted by atomic mass is 9.95. The number of likely N-dealkylation sites (tertiary alicyclic amines) is 1. The summed E-state index contributed by atoms with van der Waals surface area (Å²) in [7, 11) is 0. The molecule has 4 nitrogen and oxygen atoms in total. The number of rotatable bonds is 3. The quantitative estimate of drug-likeness (QED) is 0.868. The van der Waals surface area contributed by atoms with Crippen molar-refractivity contribution in [2.45, 2.75) is 69.6 Å². The van der Waals surface area contributed by atoms with E-state index >= 15 is 0 Å². The van der Waals surface area contributed by atoms with E-state index in [0.29, 0.717) is 12.6 Å². The van der Waals surface area contributed by atoms with Crippen molar-refractivity contribution in [2.24, 2.45) is 11.7 Å². The zero-order chi connectivity index (χ0) is 13.2. The fourth-order valence-corrected chi connectivity index (χ4v) is 4.14. The van der Waals surface area contributed by atoms with Gasteiger partial charge in [0.25, 0.3) is 5.91 Å². The van der Waals surface area contributed by atoms with Crippen LogP contribution in [0.2, 0.25) is 0 Å². The molecule has 20 heavy (non-hydrogen) atoms. The van der Waals surface area contributed by atoms with E-state index in [1.54, 1.807) is 0 Å². The largest absolute Gasteiger partial charge is 0.364 e. The third-order valence-electron chi connectivity index (χ3n) is 5.17. The third-order valence-corrected chi connectivity index (χ3v) is 5.17. The maximum absolute atomic E-state index is 12.6. The van der Waals surface area contributed by atoms with Crippen LogP contribution in [0.5, 0.6) is 0 Å². The second-order valence-electron chi connectivity index (χ2n) is 6.35. The molecule has 0 bridgehead atoms. The van der Waals surface area contributed by atoms with Crippen LogP contribution in [0, 0.1) is 5.92 Å². The second-order valence-corrected chi connectivity index (χ2v) is 6.35. The summed E-state index contributed by atoms with van der Waals surface area (Å²) in [5, 5.41) is 0. The van der Waals surface area contributed by atoms with Crippen molar-refractivity contribution in [3.8, 4) is 0 Å². The van der Waals surface area contributed by atoms with Gasteiger partial charge in [-0.25, -0.2) is 0 Å². The minimum Gasteiger partial charge on any atom is -0.364 e. The lowest BCUT2D eigenvalue weighted by molar-refractivity contribution is -0.144. The highest BCUT2D eigenvalue weighted by Crippen LogP contribution is 2.36. The van der Waals surface area contributed by atoms with Crippen molar-refractivity contribution >= 4 is 18.3 Å². The normalized spacial score (nSPS) is 34.5. The van der Waals surface area contributed by atoms with E-state index in [9.17, 15) is 4.79 Å². The van der Waals surface area contributed by atoms with Crippen molar-refractivity contribution < 1.29 is 9.53 Å². The summed E-state index contributed by atoms with van der Waals surface area (Å²) in [6.07, 6.45) is 9.36. The molecule has 0 aromatic heterocycles. The predicted octanol–water partition coefficient (Wildman–Crippen LogP) is 2.10. The van der Waals surface area contributed by atoms with Gasteiger partial charge in [0.2, 0.25) is 0 Å². The molecule has 3 rings (SSSR count). The van der Waals surface area contributed by atoms with Crippen LogP contribution < -0.4 is 5.73 Å². The average Bonchev–Trinajstić information content (AvgIpc) is 3.16. The van der Waals surface area contributed by atoms with Gasteiger partial charge in [0.1, 0.15) is 6.10 Å². The molecule has 2 N–H and O–H groups in total. The number of amides is 1. The van der Waals surface area contributed by atoms with Crippen molar-refractivity contribution in [1.82, 2.24) is 4.90 Å². The van der Waals surface area contributed by atoms with Crippen LogP contribution in [0.15, 0.2) is 0 Å². The van der Waals surface area contributed by atoms with Gasteiger partial charge < -0.3 is 15.4 Å². The van der Waals surface area contributed by atoms with Crippen LogP contribution in [-0.4, -0.2) is 42.1 Å². The Kier molecular flexibility index (Phi) is 5.70. The summed E-state index contributed by atoms with van der Waals surface area (Å²) in [5.41, 5.74) is 5.63. The van der Waals surface area contributed by atoms with Gasteiger partial charge in [0.05, 0.1) is 6.10 Å². The van der Waals surface area contributed by atoms with Crippen LogP contribution in [-0.2, 0) is 9.53 Å². The van der Waals surface area contributed by atoms with Crippen LogP contribution in [0.4, 0.5) is 0 Å². The van der Waals surface area contributed by atoms with E-state index in [1.807, 2.05) is 0 Å². The Morgan fingerprint density at radius 1 is 1.10 bits per heavy atom. The highest BCUT2D eigenvalue weighted by Gasteiger charge is 2.40. The monoisotopic (exact) mass is 302 g/mol. The van der Waals surface area contributed by atoms with E-state index in [0.717, 1.165) is 25.3 Å². The molecule has 0 aromatic rings. The van der Waals surface area contributed by atoms with Gasteiger partial charge in [-0.05, 0) is 44.4 Å². The minimum absolute atomic E-state index is 0. The zero-order valence-corrected chi connectivity index (χ0v) is 12.9. The lowest BCUT2D eigenvalue weighted by Crippen LogP contribution is -2.45. The van der Waals surface area contributed by atoms with Crippen LogP contribution >= 0.6 is 12.4 Å². The van der Waals surface area contributed by atoms with E-state index in [4.69, 9.17) is 10.5 Å². The first-order valence-electron chi connectivity index (χ1n) is 7.95. The molecule has 1 saturated carbocycles. The Hall–Kier alpha value is -0.320. The molecule has 0 radical (unpaired) electrons. The number of ether oxygens (including phenoxy) is 1. The first-order chi connectivity index (χ1) is 9.29. The van der Waals surface area contributed by atoms with Gasteiger partial charge in [-0.15, -0.1) is 12.4 Å². The summed E-state index contributed by atoms with van der Waals surface area (Å²) >= 11 is 0. The van der Waals surface area contributed by atoms with Gasteiger partial charge >= 0.3 is 0 Å². The summed E-state index contributed by atoms with van der Waals surface area (Å²) in [5.74, 6) is 0.989. The molecular weight excluding hydrogens is 276 g/mol. The van der Waals surface area contributed by atoms with Crippen molar-refractivity contribution in [3.63, 3.8) is 0 Å². The number of carbonyl (C=O) groups is 1. The number of hydrogen-bond acceptors (Lipinski definition) is 3. The summed E-state index contributed by atoms with van der Waals surface area (Å²) in [6.45, 7) is 1.48. The van der Waals surface area contributed by atoms with Crippen LogP contribution in [0.25, 0.3) is 0 Å². The van der Waals surface area contributed by atoms with E-state index < -0.39 is 0 Å². The molecule has 1 unspecified atom stereocenters. The molecule has 3 fully saturated rings. The van der Waals surface area contributed by atoms with E-state index in [1.165, 1.54) is 38.5 Å². The summed E-state index contributed by atoms with van der Waals surface area (Å²) in [4.78, 5) is 14.8. The Bertz CT molecular complexity index is 334. The summed E-state index contributed by atoms with van der Waals surface area (Å²) in [6, 6.07) is 0.496. The Morgan fingerprint density at radius 3 is 2.50 bits per heavy atom. The molecule has 2 aliphatic heterocycles. The molecule has 116 valence electrons. The molecule has 3 aliphatic rings. The molecule has 0 aromatic carbocycles. The maximum atomic E-state index is 12.6. The maximum Gasteiger partial charge on any atom is 0.251 e. The van der Waals surface area contributed by atoms with Crippen molar-refractivity contribution in [1.29, 1.82) is 0 Å². The SMILES string of the molecule is Cl.NC[C@H]1CC[C@@H](C(=O)N2CCCC2C2CCCC2)O1. The molecule has 0 spiro atoms. The van der Waals surface area contributed by atoms with Gasteiger partial charge in [0, 0.05) is 19.1 Å². The third kappa shape index (κ3) is 3.12. The molecule has 2 heterocycles. The second kappa shape index (κ2) is 7.10. The molecule has 5 heteroatoms. The molecular formula is C15H27ClN2O2. The smallest absolute Gasteiger partial charge is 0.251 e. The topological polar surface area (TPSA) is 55.6 Å². The van der Waals surface area contributed by atoms with Gasteiger partial charge in [-0.2, -0.15) is 0 Å². The fourth-order valence-electron chi connectivity index (χ4n) is 4.14. The number of nitrogens with zero attached hydrogens (tertiary/aromatic N) is 1. The molecule has 1 aliphatic carbocycles. The first-order valence-corrected chi connectivity index (χ1v) is 7.95. The Balaban J connectivity index is 0.00000147. The molecule has 2 saturated heterocycles. The van der Waals surface area contributed by atoms with Crippen molar-refractivity contribution in [3.05, 3.63) is 0 Å². The first kappa shape index (κ1) is 16.1. The van der Waals surface area contributed by atoms with Crippen molar-refractivity contribution in [2.75, 3.05) is 13.1 Å². The number of halogens is 1.